The second-order valence-corrected chi connectivity index (χ2v) is 7.72. The van der Waals surface area contributed by atoms with Crippen molar-refractivity contribution in [1.82, 2.24) is 4.72 Å². The average Bonchev–Trinajstić information content (AvgIpc) is 2.80. The van der Waals surface area contributed by atoms with Gasteiger partial charge in [0.05, 0.1) is 9.37 Å². The number of nitrogens with one attached hydrogen (secondary N) is 1. The molecule has 1 saturated carbocycles. The lowest BCUT2D eigenvalue weighted by atomic mass is 10.1. The standard InChI is InChI=1S/C13H18BrFN2O2S/c1-8-5-11(15)10(14)6-13(8)20(18,19)17-12-4-2-3-9(12)7-16/h5-6,9,12,17H,2-4,7,16H2,1H3. The van der Waals surface area contributed by atoms with Crippen LogP contribution in [0.4, 0.5) is 4.39 Å². The third-order valence-electron chi connectivity index (χ3n) is 3.78. The summed E-state index contributed by atoms with van der Waals surface area (Å²) in [6, 6.07) is 2.39. The van der Waals surface area contributed by atoms with Gasteiger partial charge in [0.15, 0.2) is 0 Å². The van der Waals surface area contributed by atoms with E-state index in [2.05, 4.69) is 20.7 Å². The zero-order valence-corrected chi connectivity index (χ0v) is 13.6. The van der Waals surface area contributed by atoms with Gasteiger partial charge in [0.25, 0.3) is 0 Å². The molecule has 20 heavy (non-hydrogen) atoms. The molecule has 0 saturated heterocycles. The Balaban J connectivity index is 2.29. The Morgan fingerprint density at radius 2 is 2.15 bits per heavy atom. The van der Waals surface area contributed by atoms with Gasteiger partial charge in [-0.05, 0) is 65.9 Å². The van der Waals surface area contributed by atoms with Gasteiger partial charge in [0.1, 0.15) is 5.82 Å². The Kier molecular flexibility index (Phi) is 4.84. The summed E-state index contributed by atoms with van der Waals surface area (Å²) < 4.78 is 41.1. The molecule has 0 bridgehead atoms. The minimum atomic E-state index is -3.66. The third-order valence-corrected chi connectivity index (χ3v) is 6.02. The SMILES string of the molecule is Cc1cc(F)c(Br)cc1S(=O)(=O)NC1CCCC1CN. The number of halogens is 2. The summed E-state index contributed by atoms with van der Waals surface area (Å²) in [6.45, 7) is 2.05. The molecule has 1 aliphatic carbocycles. The smallest absolute Gasteiger partial charge is 0.241 e. The molecule has 4 nitrogen and oxygen atoms in total. The van der Waals surface area contributed by atoms with Crippen LogP contribution in [0.15, 0.2) is 21.5 Å². The molecule has 1 aromatic carbocycles. The van der Waals surface area contributed by atoms with E-state index in [1.54, 1.807) is 6.92 Å². The first-order valence-electron chi connectivity index (χ1n) is 6.53. The van der Waals surface area contributed by atoms with Crippen molar-refractivity contribution in [2.75, 3.05) is 6.54 Å². The zero-order valence-electron chi connectivity index (χ0n) is 11.2. The van der Waals surface area contributed by atoms with E-state index in [1.165, 1.54) is 12.1 Å². The van der Waals surface area contributed by atoms with Gasteiger partial charge >= 0.3 is 0 Å². The largest absolute Gasteiger partial charge is 0.330 e. The van der Waals surface area contributed by atoms with Gasteiger partial charge in [-0.2, -0.15) is 0 Å². The Hall–Kier alpha value is -0.500. The van der Waals surface area contributed by atoms with Crippen LogP contribution >= 0.6 is 15.9 Å². The lowest BCUT2D eigenvalue weighted by Crippen LogP contribution is -2.40. The normalized spacial score (nSPS) is 23.2. The summed E-state index contributed by atoms with van der Waals surface area (Å²) in [5.74, 6) is -0.295. The van der Waals surface area contributed by atoms with Crippen LogP contribution in [0.3, 0.4) is 0 Å². The molecule has 0 spiro atoms. The number of sulfonamides is 1. The van der Waals surface area contributed by atoms with Crippen LogP contribution in [-0.2, 0) is 10.0 Å². The molecular formula is C13H18BrFN2O2S. The summed E-state index contributed by atoms with van der Waals surface area (Å²) in [5.41, 5.74) is 6.05. The number of nitrogens with two attached hydrogens (primary N) is 1. The molecule has 0 radical (unpaired) electrons. The van der Waals surface area contributed by atoms with Crippen molar-refractivity contribution in [3.05, 3.63) is 28.0 Å². The van der Waals surface area contributed by atoms with Crippen LogP contribution in [0, 0.1) is 18.7 Å². The first kappa shape index (κ1) is 15.9. The summed E-state index contributed by atoms with van der Waals surface area (Å²) in [5, 5.41) is 0. The van der Waals surface area contributed by atoms with E-state index in [0.717, 1.165) is 19.3 Å². The van der Waals surface area contributed by atoms with E-state index in [-0.39, 0.29) is 21.3 Å². The molecule has 2 atom stereocenters. The Morgan fingerprint density at radius 1 is 1.45 bits per heavy atom. The molecule has 112 valence electrons. The number of benzene rings is 1. The fraction of sp³-hybridized carbons (Fsp3) is 0.538. The number of hydrogen-bond donors (Lipinski definition) is 2. The number of hydrogen-bond acceptors (Lipinski definition) is 3. The predicted molar refractivity (Wildman–Crippen MR) is 79.3 cm³/mol. The van der Waals surface area contributed by atoms with Crippen LogP contribution in [0.1, 0.15) is 24.8 Å². The lowest BCUT2D eigenvalue weighted by Gasteiger charge is -2.20. The molecular weight excluding hydrogens is 347 g/mol. The van der Waals surface area contributed by atoms with Gasteiger partial charge in [0.2, 0.25) is 10.0 Å². The summed E-state index contributed by atoms with van der Waals surface area (Å²) in [6.07, 6.45) is 2.71. The van der Waals surface area contributed by atoms with Gasteiger partial charge in [-0.3, -0.25) is 0 Å². The summed E-state index contributed by atoms with van der Waals surface area (Å²) >= 11 is 3.02. The molecule has 1 aromatic rings. The van der Waals surface area contributed by atoms with Crippen LogP contribution < -0.4 is 10.5 Å². The Bertz CT molecular complexity index is 607. The maximum atomic E-state index is 13.4. The molecule has 3 N–H and O–H groups in total. The van der Waals surface area contributed by atoms with E-state index < -0.39 is 15.8 Å². The quantitative estimate of drug-likeness (QED) is 0.860. The second kappa shape index (κ2) is 6.09. The van der Waals surface area contributed by atoms with Crippen molar-refractivity contribution in [2.45, 2.75) is 37.1 Å². The van der Waals surface area contributed by atoms with Crippen LogP contribution in [0.2, 0.25) is 0 Å². The van der Waals surface area contributed by atoms with Gasteiger partial charge in [-0.15, -0.1) is 0 Å². The van der Waals surface area contributed by atoms with Crippen molar-refractivity contribution >= 4 is 26.0 Å². The topological polar surface area (TPSA) is 72.2 Å². The summed E-state index contributed by atoms with van der Waals surface area (Å²) in [4.78, 5) is 0.105. The van der Waals surface area contributed by atoms with E-state index >= 15 is 0 Å². The van der Waals surface area contributed by atoms with Gasteiger partial charge in [-0.1, -0.05) is 6.42 Å². The Morgan fingerprint density at radius 3 is 2.80 bits per heavy atom. The minimum absolute atomic E-state index is 0.105. The molecule has 0 aliphatic heterocycles. The highest BCUT2D eigenvalue weighted by atomic mass is 79.9. The third kappa shape index (κ3) is 3.21. The Labute approximate surface area is 127 Å². The molecule has 0 amide bonds. The van der Waals surface area contributed by atoms with E-state index in [0.29, 0.717) is 12.1 Å². The van der Waals surface area contributed by atoms with Crippen molar-refractivity contribution in [2.24, 2.45) is 11.7 Å². The van der Waals surface area contributed by atoms with Crippen molar-refractivity contribution in [3.63, 3.8) is 0 Å². The molecule has 1 aliphatic rings. The maximum absolute atomic E-state index is 13.4. The molecule has 7 heteroatoms. The van der Waals surface area contributed by atoms with Gasteiger partial charge in [0, 0.05) is 6.04 Å². The summed E-state index contributed by atoms with van der Waals surface area (Å²) in [7, 11) is -3.66. The highest BCUT2D eigenvalue weighted by Crippen LogP contribution is 2.28. The highest BCUT2D eigenvalue weighted by Gasteiger charge is 2.31. The molecule has 0 aromatic heterocycles. The molecule has 2 unspecified atom stereocenters. The van der Waals surface area contributed by atoms with Crippen LogP contribution in [-0.4, -0.2) is 21.0 Å². The first-order valence-corrected chi connectivity index (χ1v) is 8.81. The van der Waals surface area contributed by atoms with Crippen LogP contribution in [0.5, 0.6) is 0 Å². The van der Waals surface area contributed by atoms with Gasteiger partial charge in [-0.25, -0.2) is 17.5 Å². The van der Waals surface area contributed by atoms with Crippen molar-refractivity contribution < 1.29 is 12.8 Å². The van der Waals surface area contributed by atoms with E-state index in [9.17, 15) is 12.8 Å². The predicted octanol–water partition coefficient (Wildman–Crippen LogP) is 2.30. The van der Waals surface area contributed by atoms with Crippen molar-refractivity contribution in [1.29, 1.82) is 0 Å². The van der Waals surface area contributed by atoms with E-state index in [1.807, 2.05) is 0 Å². The monoisotopic (exact) mass is 364 g/mol. The maximum Gasteiger partial charge on any atom is 0.241 e. The van der Waals surface area contributed by atoms with Gasteiger partial charge < -0.3 is 5.73 Å². The number of rotatable bonds is 4. The second-order valence-electron chi connectivity index (χ2n) is 5.19. The van der Waals surface area contributed by atoms with Crippen LogP contribution in [0.25, 0.3) is 0 Å². The lowest BCUT2D eigenvalue weighted by molar-refractivity contribution is 0.452. The molecule has 1 fully saturated rings. The fourth-order valence-electron chi connectivity index (χ4n) is 2.65. The average molecular weight is 365 g/mol. The minimum Gasteiger partial charge on any atom is -0.330 e. The van der Waals surface area contributed by atoms with E-state index in [4.69, 9.17) is 5.73 Å². The zero-order chi connectivity index (χ0) is 14.9. The molecule has 0 heterocycles. The fourth-order valence-corrected chi connectivity index (χ4v) is 4.74. The molecule has 2 rings (SSSR count). The highest BCUT2D eigenvalue weighted by molar-refractivity contribution is 9.10. The number of aryl methyl sites for hydroxylation is 1. The van der Waals surface area contributed by atoms with Crippen molar-refractivity contribution in [3.8, 4) is 0 Å². The first-order chi connectivity index (χ1) is 9.35.